The zero-order chi connectivity index (χ0) is 18.8. The van der Waals surface area contributed by atoms with Crippen LogP contribution < -0.4 is 5.32 Å². The summed E-state index contributed by atoms with van der Waals surface area (Å²) >= 11 is 6.13. The minimum Gasteiger partial charge on any atom is -0.353 e. The molecular formula is C19H21ClN6O. The first-order valence-electron chi connectivity index (χ1n) is 8.91. The maximum absolute atomic E-state index is 12.8. The molecule has 1 N–H and O–H groups in total. The van der Waals surface area contributed by atoms with Crippen LogP contribution in [0.3, 0.4) is 0 Å². The molecule has 1 amide bonds. The number of nitrogens with zero attached hydrogens (tertiary/aromatic N) is 5. The molecule has 0 bridgehead atoms. The number of aryl methyl sites for hydroxylation is 1. The average molecular weight is 385 g/mol. The maximum atomic E-state index is 12.8. The van der Waals surface area contributed by atoms with Crippen molar-refractivity contribution in [2.24, 2.45) is 7.05 Å². The fraction of sp³-hybridized carbons (Fsp3) is 0.316. The highest BCUT2D eigenvalue weighted by Gasteiger charge is 2.29. The number of hydrogen-bond donors (Lipinski definition) is 1. The van der Waals surface area contributed by atoms with E-state index in [1.807, 2.05) is 25.4 Å². The average Bonchev–Trinajstić information content (AvgIpc) is 3.37. The molecule has 27 heavy (non-hydrogen) atoms. The van der Waals surface area contributed by atoms with Gasteiger partial charge in [0.25, 0.3) is 0 Å². The minimum atomic E-state index is -0.0697. The van der Waals surface area contributed by atoms with Crippen molar-refractivity contribution in [2.45, 2.75) is 18.9 Å². The molecule has 7 nitrogen and oxygen atoms in total. The fourth-order valence-electron chi connectivity index (χ4n) is 3.69. The Labute approximate surface area is 162 Å². The Morgan fingerprint density at radius 3 is 3.00 bits per heavy atom. The summed E-state index contributed by atoms with van der Waals surface area (Å²) in [6.07, 6.45) is 7.24. The van der Waals surface area contributed by atoms with Crippen molar-refractivity contribution in [3.63, 3.8) is 0 Å². The molecule has 0 saturated carbocycles. The first-order chi connectivity index (χ1) is 13.1. The van der Waals surface area contributed by atoms with Crippen molar-refractivity contribution in [3.8, 4) is 5.69 Å². The van der Waals surface area contributed by atoms with Gasteiger partial charge in [-0.15, -0.1) is 0 Å². The van der Waals surface area contributed by atoms with Gasteiger partial charge in [-0.1, -0.05) is 11.6 Å². The first kappa shape index (κ1) is 17.8. The predicted octanol–water partition coefficient (Wildman–Crippen LogP) is 3.03. The molecule has 1 aliphatic rings. The quantitative estimate of drug-likeness (QED) is 0.734. The second-order valence-electron chi connectivity index (χ2n) is 6.72. The molecule has 0 aliphatic carbocycles. The molecule has 1 aliphatic heterocycles. The standard InChI is InChI=1S/C19H21ClN6O/c1-24-8-2-4-17(24)18-5-3-9-25(18)11-19(27)23-15-10-14(20)6-7-16(15)26-13-21-12-22-26/h2,4,6-8,10,12-13,18H,3,5,9,11H2,1H3,(H,23,27). The van der Waals surface area contributed by atoms with E-state index < -0.39 is 0 Å². The highest BCUT2D eigenvalue weighted by atomic mass is 35.5. The summed E-state index contributed by atoms with van der Waals surface area (Å²) < 4.78 is 3.73. The summed E-state index contributed by atoms with van der Waals surface area (Å²) in [5.74, 6) is -0.0697. The number of anilines is 1. The largest absolute Gasteiger partial charge is 0.353 e. The van der Waals surface area contributed by atoms with Crippen molar-refractivity contribution in [3.05, 3.63) is 59.9 Å². The lowest BCUT2D eigenvalue weighted by Crippen LogP contribution is -2.33. The Kier molecular flexibility index (Phi) is 4.96. The number of carbonyl (C=O) groups is 1. The van der Waals surface area contributed by atoms with Crippen LogP contribution in [-0.2, 0) is 11.8 Å². The Balaban J connectivity index is 1.50. The van der Waals surface area contributed by atoms with Gasteiger partial charge in [-0.3, -0.25) is 9.69 Å². The minimum absolute atomic E-state index is 0.0697. The number of rotatable bonds is 5. The van der Waals surface area contributed by atoms with Crippen LogP contribution in [-0.4, -0.2) is 43.2 Å². The Morgan fingerprint density at radius 2 is 2.26 bits per heavy atom. The molecule has 1 fully saturated rings. The number of aromatic nitrogens is 4. The molecule has 0 spiro atoms. The smallest absolute Gasteiger partial charge is 0.238 e. The van der Waals surface area contributed by atoms with E-state index in [-0.39, 0.29) is 11.9 Å². The second kappa shape index (κ2) is 7.54. The van der Waals surface area contributed by atoms with Gasteiger partial charge in [0.2, 0.25) is 5.91 Å². The van der Waals surface area contributed by atoms with Gasteiger partial charge in [-0.2, -0.15) is 5.10 Å². The topological polar surface area (TPSA) is 68.0 Å². The Hall–Kier alpha value is -2.64. The number of halogens is 1. The van der Waals surface area contributed by atoms with Crippen LogP contribution in [0, 0.1) is 0 Å². The normalized spacial score (nSPS) is 17.3. The van der Waals surface area contributed by atoms with E-state index in [1.165, 1.54) is 12.0 Å². The van der Waals surface area contributed by atoms with Crippen molar-refractivity contribution in [1.29, 1.82) is 0 Å². The zero-order valence-electron chi connectivity index (χ0n) is 15.0. The third kappa shape index (κ3) is 3.74. The summed E-state index contributed by atoms with van der Waals surface area (Å²) in [4.78, 5) is 18.9. The third-order valence-corrected chi connectivity index (χ3v) is 5.17. The predicted molar refractivity (Wildman–Crippen MR) is 104 cm³/mol. The van der Waals surface area contributed by atoms with E-state index in [1.54, 1.807) is 23.1 Å². The lowest BCUT2D eigenvalue weighted by Gasteiger charge is -2.24. The van der Waals surface area contributed by atoms with E-state index in [2.05, 4.69) is 30.9 Å². The maximum Gasteiger partial charge on any atom is 0.238 e. The van der Waals surface area contributed by atoms with Crippen molar-refractivity contribution in [1.82, 2.24) is 24.2 Å². The number of amides is 1. The van der Waals surface area contributed by atoms with Crippen molar-refractivity contribution >= 4 is 23.2 Å². The van der Waals surface area contributed by atoms with E-state index in [0.29, 0.717) is 17.3 Å². The second-order valence-corrected chi connectivity index (χ2v) is 7.16. The molecule has 1 saturated heterocycles. The number of carbonyl (C=O) groups excluding carboxylic acids is 1. The number of benzene rings is 1. The molecule has 3 aromatic rings. The molecule has 3 heterocycles. The first-order valence-corrected chi connectivity index (χ1v) is 9.29. The van der Waals surface area contributed by atoms with E-state index in [0.717, 1.165) is 25.1 Å². The molecule has 1 aromatic carbocycles. The highest BCUT2D eigenvalue weighted by Crippen LogP contribution is 2.32. The van der Waals surface area contributed by atoms with Gasteiger partial charge in [0.1, 0.15) is 12.7 Å². The summed E-state index contributed by atoms with van der Waals surface area (Å²) in [5.41, 5.74) is 2.59. The van der Waals surface area contributed by atoms with Gasteiger partial charge in [0.05, 0.1) is 24.0 Å². The van der Waals surface area contributed by atoms with Gasteiger partial charge in [0.15, 0.2) is 0 Å². The molecule has 1 atom stereocenters. The summed E-state index contributed by atoms with van der Waals surface area (Å²) in [6.45, 7) is 1.24. The fourth-order valence-corrected chi connectivity index (χ4v) is 3.86. The lowest BCUT2D eigenvalue weighted by atomic mass is 10.1. The van der Waals surface area contributed by atoms with Crippen molar-refractivity contribution in [2.75, 3.05) is 18.4 Å². The highest BCUT2D eigenvalue weighted by molar-refractivity contribution is 6.31. The molecule has 2 aromatic heterocycles. The van der Waals surface area contributed by atoms with Gasteiger partial charge < -0.3 is 9.88 Å². The van der Waals surface area contributed by atoms with Crippen LogP contribution in [0.1, 0.15) is 24.6 Å². The van der Waals surface area contributed by atoms with E-state index >= 15 is 0 Å². The van der Waals surface area contributed by atoms with Crippen LogP contribution in [0.2, 0.25) is 5.02 Å². The summed E-state index contributed by atoms with van der Waals surface area (Å²) in [7, 11) is 2.04. The Morgan fingerprint density at radius 1 is 1.37 bits per heavy atom. The van der Waals surface area contributed by atoms with Crippen molar-refractivity contribution < 1.29 is 4.79 Å². The van der Waals surface area contributed by atoms with Crippen LogP contribution >= 0.6 is 11.6 Å². The van der Waals surface area contributed by atoms with Crippen LogP contribution in [0.5, 0.6) is 0 Å². The number of nitrogens with one attached hydrogen (secondary N) is 1. The van der Waals surface area contributed by atoms with E-state index in [4.69, 9.17) is 11.6 Å². The molecular weight excluding hydrogens is 364 g/mol. The van der Waals surface area contributed by atoms with Gasteiger partial charge >= 0.3 is 0 Å². The summed E-state index contributed by atoms with van der Waals surface area (Å²) in [6, 6.07) is 9.75. The lowest BCUT2D eigenvalue weighted by molar-refractivity contribution is -0.117. The van der Waals surface area contributed by atoms with Gasteiger partial charge in [-0.05, 0) is 49.7 Å². The SMILES string of the molecule is Cn1cccc1C1CCCN1CC(=O)Nc1cc(Cl)ccc1-n1cncn1. The van der Waals surface area contributed by atoms with E-state index in [9.17, 15) is 4.79 Å². The third-order valence-electron chi connectivity index (χ3n) is 4.93. The molecule has 140 valence electrons. The van der Waals surface area contributed by atoms with Crippen LogP contribution in [0.25, 0.3) is 5.69 Å². The molecule has 4 rings (SSSR count). The van der Waals surface area contributed by atoms with Crippen LogP contribution in [0.15, 0.2) is 49.2 Å². The monoisotopic (exact) mass is 384 g/mol. The molecule has 0 radical (unpaired) electrons. The molecule has 1 unspecified atom stereocenters. The zero-order valence-corrected chi connectivity index (χ0v) is 15.8. The van der Waals surface area contributed by atoms with Gasteiger partial charge in [-0.25, -0.2) is 9.67 Å². The summed E-state index contributed by atoms with van der Waals surface area (Å²) in [5, 5.41) is 7.68. The molecule has 8 heteroatoms. The number of hydrogen-bond acceptors (Lipinski definition) is 4. The van der Waals surface area contributed by atoms with Gasteiger partial charge in [0, 0.05) is 24.0 Å². The Bertz CT molecular complexity index is 936. The van der Waals surface area contributed by atoms with Crippen LogP contribution in [0.4, 0.5) is 5.69 Å². The number of likely N-dealkylation sites (tertiary alicyclic amines) is 1.